The van der Waals surface area contributed by atoms with Gasteiger partial charge in [0.25, 0.3) is 0 Å². The van der Waals surface area contributed by atoms with Crippen LogP contribution >= 0.6 is 0 Å². The van der Waals surface area contributed by atoms with Crippen LogP contribution in [-0.2, 0) is 4.79 Å². The minimum absolute atomic E-state index is 0.179. The molecule has 1 aliphatic heterocycles. The fourth-order valence-corrected chi connectivity index (χ4v) is 2.28. The molecule has 0 aromatic rings. The fourth-order valence-electron chi connectivity index (χ4n) is 2.28. The van der Waals surface area contributed by atoms with Crippen LogP contribution in [0.25, 0.3) is 0 Å². The molecule has 0 aromatic heterocycles. The molecule has 1 aliphatic rings. The Balaban J connectivity index is 2.43. The van der Waals surface area contributed by atoms with Crippen LogP contribution in [0.15, 0.2) is 0 Å². The Morgan fingerprint density at radius 1 is 1.62 bits per heavy atom. The first kappa shape index (κ1) is 13.5. The Morgan fingerprint density at radius 2 is 2.38 bits per heavy atom. The molecule has 0 radical (unpaired) electrons. The Labute approximate surface area is 98.8 Å². The summed E-state index contributed by atoms with van der Waals surface area (Å²) in [5, 5.41) is 6.57. The molecule has 0 bridgehead atoms. The first-order valence-corrected chi connectivity index (χ1v) is 6.35. The minimum atomic E-state index is 0.179. The predicted molar refractivity (Wildman–Crippen MR) is 66.4 cm³/mol. The van der Waals surface area contributed by atoms with E-state index in [9.17, 15) is 4.79 Å². The second kappa shape index (κ2) is 6.86. The molecule has 0 aromatic carbocycles. The van der Waals surface area contributed by atoms with E-state index in [1.807, 2.05) is 18.9 Å². The van der Waals surface area contributed by atoms with Gasteiger partial charge in [0.1, 0.15) is 0 Å². The third kappa shape index (κ3) is 3.76. The van der Waals surface area contributed by atoms with Gasteiger partial charge in [0.2, 0.25) is 5.91 Å². The number of nitrogens with zero attached hydrogens (tertiary/aromatic N) is 1. The number of likely N-dealkylation sites (N-methyl/N-ethyl adjacent to an activating group) is 1. The molecule has 94 valence electrons. The number of amides is 1. The molecule has 0 spiro atoms. The average Bonchev–Trinajstić information content (AvgIpc) is 2.29. The highest BCUT2D eigenvalue weighted by molar-refractivity contribution is 5.78. The van der Waals surface area contributed by atoms with E-state index in [1.54, 1.807) is 0 Å². The lowest BCUT2D eigenvalue weighted by atomic mass is 10.0. The zero-order valence-electron chi connectivity index (χ0n) is 10.8. The smallest absolute Gasteiger partial charge is 0.225 e. The van der Waals surface area contributed by atoms with Crippen molar-refractivity contribution in [1.82, 2.24) is 15.5 Å². The number of hydrogen-bond donors (Lipinski definition) is 2. The molecule has 1 rings (SSSR count). The number of nitrogens with one attached hydrogen (secondary N) is 2. The number of hydrogen-bond acceptors (Lipinski definition) is 3. The normalized spacial score (nSPS) is 23.2. The first-order chi connectivity index (χ1) is 7.69. The van der Waals surface area contributed by atoms with Gasteiger partial charge < -0.3 is 15.5 Å². The van der Waals surface area contributed by atoms with Gasteiger partial charge in [-0.1, -0.05) is 20.3 Å². The van der Waals surface area contributed by atoms with Crippen molar-refractivity contribution in [2.75, 3.05) is 33.2 Å². The molecule has 4 nitrogen and oxygen atoms in total. The molecule has 2 atom stereocenters. The van der Waals surface area contributed by atoms with Gasteiger partial charge in [-0.05, 0) is 13.5 Å². The van der Waals surface area contributed by atoms with Gasteiger partial charge in [-0.25, -0.2) is 0 Å². The summed E-state index contributed by atoms with van der Waals surface area (Å²) in [5.74, 6) is 0.503. The molecule has 1 saturated heterocycles. The topological polar surface area (TPSA) is 44.4 Å². The van der Waals surface area contributed by atoms with Crippen LogP contribution < -0.4 is 10.6 Å². The number of piperazine rings is 1. The summed E-state index contributed by atoms with van der Waals surface area (Å²) >= 11 is 0. The van der Waals surface area contributed by atoms with Gasteiger partial charge in [0.15, 0.2) is 0 Å². The maximum absolute atomic E-state index is 12.1. The number of carbonyl (C=O) groups excluding carboxylic acids is 1. The lowest BCUT2D eigenvalue weighted by Crippen LogP contribution is -2.56. The summed E-state index contributed by atoms with van der Waals surface area (Å²) in [6.07, 6.45) is 2.08. The highest BCUT2D eigenvalue weighted by atomic mass is 16.2. The summed E-state index contributed by atoms with van der Waals surface area (Å²) in [4.78, 5) is 14.1. The Morgan fingerprint density at radius 3 is 3.00 bits per heavy atom. The van der Waals surface area contributed by atoms with Crippen molar-refractivity contribution in [2.24, 2.45) is 5.92 Å². The summed E-state index contributed by atoms with van der Waals surface area (Å²) in [7, 11) is 1.95. The van der Waals surface area contributed by atoms with Crippen molar-refractivity contribution in [3.8, 4) is 0 Å². The van der Waals surface area contributed by atoms with E-state index < -0.39 is 0 Å². The Hall–Kier alpha value is -0.610. The van der Waals surface area contributed by atoms with E-state index >= 15 is 0 Å². The van der Waals surface area contributed by atoms with Crippen LogP contribution in [0.4, 0.5) is 0 Å². The van der Waals surface area contributed by atoms with E-state index in [2.05, 4.69) is 17.6 Å². The SMILES string of the molecule is CCCC(C)C(=O)N1CCNC(CNC)C1. The van der Waals surface area contributed by atoms with Crippen molar-refractivity contribution >= 4 is 5.91 Å². The Bertz CT molecular complexity index is 218. The molecule has 16 heavy (non-hydrogen) atoms. The number of rotatable bonds is 5. The maximum Gasteiger partial charge on any atom is 0.225 e. The van der Waals surface area contributed by atoms with E-state index in [0.29, 0.717) is 11.9 Å². The largest absolute Gasteiger partial charge is 0.340 e. The van der Waals surface area contributed by atoms with Crippen LogP contribution in [0.2, 0.25) is 0 Å². The minimum Gasteiger partial charge on any atom is -0.340 e. The van der Waals surface area contributed by atoms with Gasteiger partial charge in [0, 0.05) is 38.1 Å². The van der Waals surface area contributed by atoms with Crippen LogP contribution in [0.1, 0.15) is 26.7 Å². The maximum atomic E-state index is 12.1. The lowest BCUT2D eigenvalue weighted by molar-refractivity contribution is -0.136. The van der Waals surface area contributed by atoms with Crippen molar-refractivity contribution in [1.29, 1.82) is 0 Å². The zero-order valence-corrected chi connectivity index (χ0v) is 10.8. The lowest BCUT2D eigenvalue weighted by Gasteiger charge is -2.35. The molecule has 1 heterocycles. The second-order valence-corrected chi connectivity index (χ2v) is 4.68. The monoisotopic (exact) mass is 227 g/mol. The van der Waals surface area contributed by atoms with Crippen molar-refractivity contribution in [2.45, 2.75) is 32.7 Å². The van der Waals surface area contributed by atoms with Gasteiger partial charge in [-0.3, -0.25) is 4.79 Å². The second-order valence-electron chi connectivity index (χ2n) is 4.68. The van der Waals surface area contributed by atoms with Crippen LogP contribution in [0, 0.1) is 5.92 Å². The van der Waals surface area contributed by atoms with Crippen molar-refractivity contribution in [3.05, 3.63) is 0 Å². The highest BCUT2D eigenvalue weighted by Crippen LogP contribution is 2.11. The summed E-state index contributed by atoms with van der Waals surface area (Å²) in [5.41, 5.74) is 0. The highest BCUT2D eigenvalue weighted by Gasteiger charge is 2.25. The van der Waals surface area contributed by atoms with Gasteiger partial charge >= 0.3 is 0 Å². The zero-order chi connectivity index (χ0) is 12.0. The van der Waals surface area contributed by atoms with E-state index in [-0.39, 0.29) is 5.92 Å². The molecule has 0 saturated carbocycles. The molecular formula is C12H25N3O. The summed E-state index contributed by atoms with van der Waals surface area (Å²) in [6, 6.07) is 0.400. The number of carbonyl (C=O) groups is 1. The van der Waals surface area contributed by atoms with Gasteiger partial charge in [-0.15, -0.1) is 0 Å². The van der Waals surface area contributed by atoms with Crippen LogP contribution in [0.3, 0.4) is 0 Å². The molecule has 2 unspecified atom stereocenters. The molecule has 1 amide bonds. The van der Waals surface area contributed by atoms with Gasteiger partial charge in [-0.2, -0.15) is 0 Å². The van der Waals surface area contributed by atoms with Gasteiger partial charge in [0.05, 0.1) is 0 Å². The average molecular weight is 227 g/mol. The van der Waals surface area contributed by atoms with Crippen molar-refractivity contribution in [3.63, 3.8) is 0 Å². The summed E-state index contributed by atoms with van der Waals surface area (Å²) in [6.45, 7) is 7.70. The standard InChI is InChI=1S/C12H25N3O/c1-4-5-10(2)12(16)15-7-6-14-11(9-15)8-13-3/h10-11,13-14H,4-9H2,1-3H3. The third-order valence-electron chi connectivity index (χ3n) is 3.16. The van der Waals surface area contributed by atoms with Crippen LogP contribution in [-0.4, -0.2) is 50.1 Å². The van der Waals surface area contributed by atoms with Crippen LogP contribution in [0.5, 0.6) is 0 Å². The molecule has 2 N–H and O–H groups in total. The molecule has 1 fully saturated rings. The third-order valence-corrected chi connectivity index (χ3v) is 3.16. The Kier molecular flexibility index (Phi) is 5.77. The van der Waals surface area contributed by atoms with E-state index in [4.69, 9.17) is 0 Å². The quantitative estimate of drug-likeness (QED) is 0.716. The first-order valence-electron chi connectivity index (χ1n) is 6.35. The van der Waals surface area contributed by atoms with E-state index in [0.717, 1.165) is 39.0 Å². The summed E-state index contributed by atoms with van der Waals surface area (Å²) < 4.78 is 0. The van der Waals surface area contributed by atoms with Crippen molar-refractivity contribution < 1.29 is 4.79 Å². The molecular weight excluding hydrogens is 202 g/mol. The predicted octanol–water partition coefficient (Wildman–Crippen LogP) is 0.442. The fraction of sp³-hybridized carbons (Fsp3) is 0.917. The van der Waals surface area contributed by atoms with E-state index in [1.165, 1.54) is 0 Å². The molecule has 0 aliphatic carbocycles. The molecule has 4 heteroatoms.